The zero-order chi connectivity index (χ0) is 16.9. The van der Waals surface area contributed by atoms with Crippen molar-refractivity contribution in [2.24, 2.45) is 0 Å². The number of pyridine rings is 1. The molecule has 3 rings (SSSR count). The van der Waals surface area contributed by atoms with Crippen molar-refractivity contribution in [3.05, 3.63) is 52.8 Å². The summed E-state index contributed by atoms with van der Waals surface area (Å²) in [6.45, 7) is -0.270. The Balaban J connectivity index is 1.58. The highest BCUT2D eigenvalue weighted by molar-refractivity contribution is 6.35. The molecule has 0 fully saturated rings. The third-order valence-electron chi connectivity index (χ3n) is 2.85. The molecular formula is C15H10Cl2N4O3. The Hall–Kier alpha value is -2.64. The summed E-state index contributed by atoms with van der Waals surface area (Å²) in [5.41, 5.74) is 0.696. The van der Waals surface area contributed by atoms with Gasteiger partial charge in [0.25, 0.3) is 5.91 Å². The fourth-order valence-electron chi connectivity index (χ4n) is 1.78. The Labute approximate surface area is 146 Å². The van der Waals surface area contributed by atoms with Crippen LogP contribution in [0.5, 0.6) is 5.75 Å². The lowest BCUT2D eigenvalue weighted by molar-refractivity contribution is -0.118. The predicted octanol–water partition coefficient (Wildman–Crippen LogP) is 3.46. The van der Waals surface area contributed by atoms with Crippen molar-refractivity contribution in [2.75, 3.05) is 11.9 Å². The fraction of sp³-hybridized carbons (Fsp3) is 0.0667. The summed E-state index contributed by atoms with van der Waals surface area (Å²) in [4.78, 5) is 15.8. The van der Waals surface area contributed by atoms with Gasteiger partial charge in [0, 0.05) is 23.0 Å². The maximum absolute atomic E-state index is 11.9. The molecule has 0 atom stereocenters. The molecule has 9 heteroatoms. The van der Waals surface area contributed by atoms with Gasteiger partial charge >= 0.3 is 6.01 Å². The maximum Gasteiger partial charge on any atom is 0.322 e. The molecule has 0 saturated heterocycles. The minimum atomic E-state index is -0.467. The predicted molar refractivity (Wildman–Crippen MR) is 88.1 cm³/mol. The van der Waals surface area contributed by atoms with Crippen LogP contribution in [0.15, 0.2) is 47.1 Å². The van der Waals surface area contributed by atoms with E-state index in [4.69, 9.17) is 32.4 Å². The van der Waals surface area contributed by atoms with Gasteiger partial charge in [0.15, 0.2) is 6.61 Å². The third kappa shape index (κ3) is 4.01. The molecule has 0 spiro atoms. The van der Waals surface area contributed by atoms with E-state index in [1.54, 1.807) is 36.7 Å². The van der Waals surface area contributed by atoms with E-state index < -0.39 is 5.91 Å². The summed E-state index contributed by atoms with van der Waals surface area (Å²) in [6.07, 6.45) is 3.20. The zero-order valence-electron chi connectivity index (χ0n) is 12.1. The van der Waals surface area contributed by atoms with Crippen LogP contribution in [0.1, 0.15) is 0 Å². The van der Waals surface area contributed by atoms with Crippen molar-refractivity contribution in [1.29, 1.82) is 0 Å². The van der Waals surface area contributed by atoms with Crippen LogP contribution in [-0.4, -0.2) is 27.7 Å². The number of anilines is 1. The van der Waals surface area contributed by atoms with E-state index in [0.29, 0.717) is 21.4 Å². The lowest BCUT2D eigenvalue weighted by Gasteiger charge is -2.07. The van der Waals surface area contributed by atoms with E-state index >= 15 is 0 Å². The van der Waals surface area contributed by atoms with Crippen LogP contribution in [0.2, 0.25) is 10.0 Å². The number of aromatic nitrogens is 3. The average molecular weight is 365 g/mol. The SMILES string of the molecule is O=C(COc1ccc(Cl)cc1Cl)Nc1nnc(-c2ccncc2)o1. The maximum atomic E-state index is 11.9. The molecule has 0 aliphatic heterocycles. The molecule has 0 aliphatic carbocycles. The quantitative estimate of drug-likeness (QED) is 0.745. The minimum absolute atomic E-state index is 0.0300. The van der Waals surface area contributed by atoms with Gasteiger partial charge < -0.3 is 9.15 Å². The first-order chi connectivity index (χ1) is 11.6. The summed E-state index contributed by atoms with van der Waals surface area (Å²) in [5, 5.41) is 10.8. The van der Waals surface area contributed by atoms with Crippen LogP contribution in [0.3, 0.4) is 0 Å². The van der Waals surface area contributed by atoms with Gasteiger partial charge in [-0.3, -0.25) is 15.1 Å². The summed E-state index contributed by atoms with van der Waals surface area (Å²) < 4.78 is 10.7. The molecule has 0 saturated carbocycles. The van der Waals surface area contributed by atoms with Gasteiger partial charge in [0.2, 0.25) is 5.89 Å². The standard InChI is InChI=1S/C15H10Cl2N4O3/c16-10-1-2-12(11(17)7-10)23-8-13(22)19-15-21-20-14(24-15)9-3-5-18-6-4-9/h1-7H,8H2,(H,19,21,22). The van der Waals surface area contributed by atoms with Crippen molar-refractivity contribution < 1.29 is 13.9 Å². The van der Waals surface area contributed by atoms with Gasteiger partial charge in [-0.15, -0.1) is 5.10 Å². The number of rotatable bonds is 5. The van der Waals surface area contributed by atoms with Crippen molar-refractivity contribution >= 4 is 35.1 Å². The van der Waals surface area contributed by atoms with Crippen molar-refractivity contribution in [1.82, 2.24) is 15.2 Å². The molecule has 7 nitrogen and oxygen atoms in total. The number of ether oxygens (including phenoxy) is 1. The highest BCUT2D eigenvalue weighted by Gasteiger charge is 2.12. The first-order valence-electron chi connectivity index (χ1n) is 6.73. The number of hydrogen-bond acceptors (Lipinski definition) is 6. The number of carbonyl (C=O) groups is 1. The van der Waals surface area contributed by atoms with Crippen LogP contribution in [-0.2, 0) is 4.79 Å². The molecule has 122 valence electrons. The Morgan fingerprint density at radius 3 is 2.71 bits per heavy atom. The third-order valence-corrected chi connectivity index (χ3v) is 3.38. The first kappa shape index (κ1) is 16.2. The minimum Gasteiger partial charge on any atom is -0.482 e. The number of nitrogens with zero attached hydrogens (tertiary/aromatic N) is 3. The highest BCUT2D eigenvalue weighted by Crippen LogP contribution is 2.27. The van der Waals surface area contributed by atoms with Gasteiger partial charge in [-0.25, -0.2) is 0 Å². The van der Waals surface area contributed by atoms with Gasteiger partial charge in [-0.05, 0) is 30.3 Å². The van der Waals surface area contributed by atoms with Crippen LogP contribution >= 0.6 is 23.2 Å². The second kappa shape index (κ2) is 7.29. The topological polar surface area (TPSA) is 90.1 Å². The summed E-state index contributed by atoms with van der Waals surface area (Å²) in [6, 6.07) is 8.11. The average Bonchev–Trinajstić information content (AvgIpc) is 3.03. The fourth-order valence-corrected chi connectivity index (χ4v) is 2.24. The molecule has 0 unspecified atom stereocenters. The van der Waals surface area contributed by atoms with Gasteiger partial charge in [0.1, 0.15) is 5.75 Å². The number of halogens is 2. The van der Waals surface area contributed by atoms with E-state index in [9.17, 15) is 4.79 Å². The molecule has 3 aromatic rings. The summed E-state index contributed by atoms with van der Waals surface area (Å²) in [7, 11) is 0. The van der Waals surface area contributed by atoms with Gasteiger partial charge in [-0.1, -0.05) is 28.3 Å². The molecule has 0 aliphatic rings. The molecule has 1 N–H and O–H groups in total. The number of carbonyl (C=O) groups excluding carboxylic acids is 1. The van der Waals surface area contributed by atoms with E-state index in [1.165, 1.54) is 6.07 Å². The van der Waals surface area contributed by atoms with Gasteiger partial charge in [-0.2, -0.15) is 0 Å². The van der Waals surface area contributed by atoms with Crippen molar-refractivity contribution in [3.8, 4) is 17.2 Å². The van der Waals surface area contributed by atoms with E-state index in [1.807, 2.05) is 0 Å². The van der Waals surface area contributed by atoms with E-state index in [0.717, 1.165) is 0 Å². The van der Waals surface area contributed by atoms with Crippen LogP contribution < -0.4 is 10.1 Å². The Morgan fingerprint density at radius 2 is 1.96 bits per heavy atom. The lowest BCUT2D eigenvalue weighted by Crippen LogP contribution is -2.20. The first-order valence-corrected chi connectivity index (χ1v) is 7.49. The smallest absolute Gasteiger partial charge is 0.322 e. The Kier molecular flexibility index (Phi) is 4.93. The number of hydrogen-bond donors (Lipinski definition) is 1. The molecule has 0 bridgehead atoms. The molecule has 2 aromatic heterocycles. The van der Waals surface area contributed by atoms with Crippen LogP contribution in [0.4, 0.5) is 6.01 Å². The normalized spacial score (nSPS) is 10.4. The Bertz CT molecular complexity index is 855. The largest absolute Gasteiger partial charge is 0.482 e. The van der Waals surface area contributed by atoms with Crippen molar-refractivity contribution in [2.45, 2.75) is 0 Å². The molecular weight excluding hydrogens is 355 g/mol. The highest BCUT2D eigenvalue weighted by atomic mass is 35.5. The zero-order valence-corrected chi connectivity index (χ0v) is 13.6. The summed E-state index contributed by atoms with van der Waals surface area (Å²) >= 11 is 11.7. The van der Waals surface area contributed by atoms with Crippen LogP contribution in [0.25, 0.3) is 11.5 Å². The molecule has 1 aromatic carbocycles. The molecule has 24 heavy (non-hydrogen) atoms. The Morgan fingerprint density at radius 1 is 1.17 bits per heavy atom. The number of amides is 1. The second-order valence-corrected chi connectivity index (χ2v) is 5.40. The summed E-state index contributed by atoms with van der Waals surface area (Å²) in [5.74, 6) is 0.152. The molecule has 0 radical (unpaired) electrons. The van der Waals surface area contributed by atoms with Gasteiger partial charge in [0.05, 0.1) is 5.02 Å². The van der Waals surface area contributed by atoms with E-state index in [-0.39, 0.29) is 18.5 Å². The van der Waals surface area contributed by atoms with E-state index in [2.05, 4.69) is 20.5 Å². The second-order valence-electron chi connectivity index (χ2n) is 4.56. The lowest BCUT2D eigenvalue weighted by atomic mass is 10.3. The number of benzene rings is 1. The van der Waals surface area contributed by atoms with Crippen molar-refractivity contribution in [3.63, 3.8) is 0 Å². The molecule has 1 amide bonds. The molecule has 2 heterocycles. The number of nitrogens with one attached hydrogen (secondary N) is 1. The van der Waals surface area contributed by atoms with Crippen LogP contribution in [0, 0.1) is 0 Å². The monoisotopic (exact) mass is 364 g/mol.